The second kappa shape index (κ2) is 3.93. The zero-order valence-corrected chi connectivity index (χ0v) is 6.93. The molecule has 0 aromatic carbocycles. The molecular formula is C8H8O2S. The monoisotopic (exact) mass is 168 g/mol. The Morgan fingerprint density at radius 2 is 2.55 bits per heavy atom. The van der Waals surface area contributed by atoms with E-state index in [1.807, 2.05) is 17.5 Å². The highest BCUT2D eigenvalue weighted by atomic mass is 32.1. The highest BCUT2D eigenvalue weighted by Crippen LogP contribution is 2.09. The second-order valence-electron chi connectivity index (χ2n) is 1.87. The largest absolute Gasteiger partial charge is 0.466 e. The van der Waals surface area contributed by atoms with Gasteiger partial charge in [0.15, 0.2) is 0 Å². The van der Waals surface area contributed by atoms with E-state index in [1.54, 1.807) is 17.4 Å². The van der Waals surface area contributed by atoms with E-state index in [0.717, 1.165) is 4.88 Å². The van der Waals surface area contributed by atoms with Crippen molar-refractivity contribution in [2.24, 2.45) is 0 Å². The van der Waals surface area contributed by atoms with E-state index < -0.39 is 0 Å². The molecular weight excluding hydrogens is 160 g/mol. The Morgan fingerprint density at radius 1 is 1.73 bits per heavy atom. The number of hydrogen-bond donors (Lipinski definition) is 0. The van der Waals surface area contributed by atoms with E-state index >= 15 is 0 Å². The van der Waals surface area contributed by atoms with Gasteiger partial charge >= 0.3 is 5.97 Å². The van der Waals surface area contributed by atoms with Crippen molar-refractivity contribution in [1.82, 2.24) is 0 Å². The van der Waals surface area contributed by atoms with Crippen LogP contribution in [0.4, 0.5) is 0 Å². The minimum atomic E-state index is -0.321. The van der Waals surface area contributed by atoms with E-state index in [-0.39, 0.29) is 5.97 Å². The number of methoxy groups -OCH3 is 1. The molecule has 0 aliphatic rings. The molecule has 0 amide bonds. The van der Waals surface area contributed by atoms with E-state index in [1.165, 1.54) is 13.2 Å². The van der Waals surface area contributed by atoms with Crippen LogP contribution in [0.25, 0.3) is 6.08 Å². The van der Waals surface area contributed by atoms with Gasteiger partial charge in [-0.25, -0.2) is 4.79 Å². The molecule has 0 spiro atoms. The molecule has 58 valence electrons. The van der Waals surface area contributed by atoms with E-state index in [0.29, 0.717) is 0 Å². The van der Waals surface area contributed by atoms with Gasteiger partial charge in [0, 0.05) is 11.0 Å². The van der Waals surface area contributed by atoms with Gasteiger partial charge in [0.25, 0.3) is 0 Å². The number of thiophene rings is 1. The minimum Gasteiger partial charge on any atom is -0.466 e. The molecule has 11 heavy (non-hydrogen) atoms. The first kappa shape index (κ1) is 8.01. The fourth-order valence-corrected chi connectivity index (χ4v) is 1.22. The molecule has 3 heteroatoms. The van der Waals surface area contributed by atoms with Gasteiger partial charge < -0.3 is 4.74 Å². The van der Waals surface area contributed by atoms with Gasteiger partial charge in [0.05, 0.1) is 7.11 Å². The van der Waals surface area contributed by atoms with Crippen molar-refractivity contribution in [3.63, 3.8) is 0 Å². The zero-order valence-electron chi connectivity index (χ0n) is 6.11. The molecule has 0 saturated carbocycles. The lowest BCUT2D eigenvalue weighted by molar-refractivity contribution is -0.134. The zero-order chi connectivity index (χ0) is 8.10. The summed E-state index contributed by atoms with van der Waals surface area (Å²) < 4.78 is 4.43. The smallest absolute Gasteiger partial charge is 0.330 e. The minimum absolute atomic E-state index is 0.321. The lowest BCUT2D eigenvalue weighted by Crippen LogP contribution is -1.92. The summed E-state index contributed by atoms with van der Waals surface area (Å²) in [6.45, 7) is 0. The molecule has 1 aromatic heterocycles. The van der Waals surface area contributed by atoms with Crippen molar-refractivity contribution >= 4 is 23.4 Å². The van der Waals surface area contributed by atoms with Crippen LogP contribution in [0, 0.1) is 0 Å². The first-order chi connectivity index (χ1) is 5.33. The van der Waals surface area contributed by atoms with Crippen LogP contribution in [0.2, 0.25) is 0 Å². The first-order valence-electron chi connectivity index (χ1n) is 3.12. The van der Waals surface area contributed by atoms with Crippen LogP contribution in [0.3, 0.4) is 0 Å². The summed E-state index contributed by atoms with van der Waals surface area (Å²) in [5, 5.41) is 1.96. The summed E-state index contributed by atoms with van der Waals surface area (Å²) >= 11 is 1.58. The summed E-state index contributed by atoms with van der Waals surface area (Å²) in [6, 6.07) is 3.87. The number of carbonyl (C=O) groups excluding carboxylic acids is 1. The van der Waals surface area contributed by atoms with Gasteiger partial charge in [-0.15, -0.1) is 11.3 Å². The second-order valence-corrected chi connectivity index (χ2v) is 2.85. The molecule has 0 saturated heterocycles. The van der Waals surface area contributed by atoms with Gasteiger partial charge in [0.1, 0.15) is 0 Å². The SMILES string of the molecule is COC(=O)/C=C\c1cccs1. The fourth-order valence-electron chi connectivity index (χ4n) is 0.604. The van der Waals surface area contributed by atoms with E-state index in [4.69, 9.17) is 0 Å². The van der Waals surface area contributed by atoms with Gasteiger partial charge in [-0.05, 0) is 17.5 Å². The number of esters is 1. The molecule has 0 unspecified atom stereocenters. The molecule has 0 atom stereocenters. The maximum Gasteiger partial charge on any atom is 0.330 e. The van der Waals surface area contributed by atoms with Crippen LogP contribution in [-0.4, -0.2) is 13.1 Å². The van der Waals surface area contributed by atoms with Gasteiger partial charge in [0.2, 0.25) is 0 Å². The summed E-state index contributed by atoms with van der Waals surface area (Å²) in [5.74, 6) is -0.321. The highest BCUT2D eigenvalue weighted by molar-refractivity contribution is 7.10. The van der Waals surface area contributed by atoms with Crippen LogP contribution in [-0.2, 0) is 9.53 Å². The molecule has 1 rings (SSSR count). The van der Waals surface area contributed by atoms with Crippen LogP contribution in [0.5, 0.6) is 0 Å². The van der Waals surface area contributed by atoms with Crippen LogP contribution in [0.15, 0.2) is 23.6 Å². The normalized spacial score (nSPS) is 10.3. The fraction of sp³-hybridized carbons (Fsp3) is 0.125. The van der Waals surface area contributed by atoms with Crippen molar-refractivity contribution in [1.29, 1.82) is 0 Å². The van der Waals surface area contributed by atoms with Crippen LogP contribution >= 0.6 is 11.3 Å². The Kier molecular flexibility index (Phi) is 2.86. The lowest BCUT2D eigenvalue weighted by atomic mass is 10.4. The predicted octanol–water partition coefficient (Wildman–Crippen LogP) is 1.93. The van der Waals surface area contributed by atoms with Crippen molar-refractivity contribution < 1.29 is 9.53 Å². The van der Waals surface area contributed by atoms with Crippen molar-refractivity contribution in [3.05, 3.63) is 28.5 Å². The Morgan fingerprint density at radius 3 is 3.09 bits per heavy atom. The van der Waals surface area contributed by atoms with Crippen LogP contribution in [0.1, 0.15) is 4.88 Å². The Bertz CT molecular complexity index is 249. The average Bonchev–Trinajstić information content (AvgIpc) is 2.52. The highest BCUT2D eigenvalue weighted by Gasteiger charge is 1.90. The molecule has 0 radical (unpaired) electrons. The Labute approximate surface area is 69.1 Å². The average molecular weight is 168 g/mol. The Hall–Kier alpha value is -1.09. The third-order valence-electron chi connectivity index (χ3n) is 1.13. The predicted molar refractivity (Wildman–Crippen MR) is 45.4 cm³/mol. The summed E-state index contributed by atoms with van der Waals surface area (Å²) in [5.41, 5.74) is 0. The summed E-state index contributed by atoms with van der Waals surface area (Å²) in [7, 11) is 1.36. The standard InChI is InChI=1S/C8H8O2S/c1-10-8(9)5-4-7-3-2-6-11-7/h2-6H,1H3/b5-4-. The molecule has 0 N–H and O–H groups in total. The van der Waals surface area contributed by atoms with E-state index in [9.17, 15) is 4.79 Å². The molecule has 0 fully saturated rings. The van der Waals surface area contributed by atoms with Gasteiger partial charge in [-0.1, -0.05) is 6.07 Å². The van der Waals surface area contributed by atoms with Gasteiger partial charge in [-0.3, -0.25) is 0 Å². The third kappa shape index (κ3) is 2.55. The molecule has 2 nitrogen and oxygen atoms in total. The maximum absolute atomic E-state index is 10.6. The van der Waals surface area contributed by atoms with Crippen LogP contribution < -0.4 is 0 Å². The Balaban J connectivity index is 2.55. The number of hydrogen-bond acceptors (Lipinski definition) is 3. The lowest BCUT2D eigenvalue weighted by Gasteiger charge is -1.87. The molecule has 0 aliphatic heterocycles. The van der Waals surface area contributed by atoms with E-state index in [2.05, 4.69) is 4.74 Å². The maximum atomic E-state index is 10.6. The molecule has 0 aliphatic carbocycles. The number of ether oxygens (including phenoxy) is 1. The van der Waals surface area contributed by atoms with Crippen molar-refractivity contribution in [2.45, 2.75) is 0 Å². The summed E-state index contributed by atoms with van der Waals surface area (Å²) in [6.07, 6.45) is 3.14. The van der Waals surface area contributed by atoms with Crippen molar-refractivity contribution in [3.8, 4) is 0 Å². The molecule has 0 bridgehead atoms. The molecule has 1 aromatic rings. The molecule has 1 heterocycles. The van der Waals surface area contributed by atoms with Gasteiger partial charge in [-0.2, -0.15) is 0 Å². The number of rotatable bonds is 2. The first-order valence-corrected chi connectivity index (χ1v) is 4.00. The van der Waals surface area contributed by atoms with Crippen molar-refractivity contribution in [2.75, 3.05) is 7.11 Å². The summed E-state index contributed by atoms with van der Waals surface area (Å²) in [4.78, 5) is 11.7. The quantitative estimate of drug-likeness (QED) is 0.498. The number of carbonyl (C=O) groups is 1. The topological polar surface area (TPSA) is 26.3 Å². The third-order valence-corrected chi connectivity index (χ3v) is 1.97.